The van der Waals surface area contributed by atoms with Crippen molar-refractivity contribution in [3.05, 3.63) is 95.6 Å². The van der Waals surface area contributed by atoms with Crippen LogP contribution in [0.3, 0.4) is 0 Å². The molecule has 0 aromatic heterocycles. The SMILES string of the molecule is CCCCNC(=O)[C@@H](CC)N(CCc1ccccc1)C(=O)CN(c1ccccc1CC)S(=O)(=O)c1ccc(C)cc1. The van der Waals surface area contributed by atoms with E-state index in [1.807, 2.05) is 63.2 Å². The van der Waals surface area contributed by atoms with E-state index in [9.17, 15) is 18.0 Å². The molecule has 0 heterocycles. The van der Waals surface area contributed by atoms with Gasteiger partial charge < -0.3 is 10.2 Å². The topological polar surface area (TPSA) is 86.8 Å². The van der Waals surface area contributed by atoms with E-state index >= 15 is 0 Å². The van der Waals surface area contributed by atoms with Crippen LogP contribution in [0.4, 0.5) is 5.69 Å². The third-order valence-electron chi connectivity index (χ3n) is 7.23. The first-order valence-electron chi connectivity index (χ1n) is 14.5. The second kappa shape index (κ2) is 15.4. The maximum atomic E-state index is 14.2. The molecule has 0 fully saturated rings. The number of nitrogens with one attached hydrogen (secondary N) is 1. The lowest BCUT2D eigenvalue weighted by Crippen LogP contribution is -2.53. The number of nitrogens with zero attached hydrogens (tertiary/aromatic N) is 2. The number of hydrogen-bond acceptors (Lipinski definition) is 4. The van der Waals surface area contributed by atoms with Gasteiger partial charge in [0.2, 0.25) is 11.8 Å². The van der Waals surface area contributed by atoms with Crippen LogP contribution in [-0.2, 0) is 32.5 Å². The molecule has 3 aromatic rings. The van der Waals surface area contributed by atoms with E-state index in [4.69, 9.17) is 0 Å². The van der Waals surface area contributed by atoms with Crippen molar-refractivity contribution in [2.45, 2.75) is 70.7 Å². The van der Waals surface area contributed by atoms with Crippen LogP contribution < -0.4 is 9.62 Å². The first kappa shape index (κ1) is 31.9. The lowest BCUT2D eigenvalue weighted by molar-refractivity contribution is -0.139. The van der Waals surface area contributed by atoms with Gasteiger partial charge in [-0.2, -0.15) is 0 Å². The normalized spacial score (nSPS) is 12.0. The molecule has 0 aliphatic carbocycles. The van der Waals surface area contributed by atoms with E-state index in [2.05, 4.69) is 12.2 Å². The number of benzene rings is 3. The molecule has 0 saturated heterocycles. The summed E-state index contributed by atoms with van der Waals surface area (Å²) in [6.07, 6.45) is 3.34. The number of carbonyl (C=O) groups is 2. The van der Waals surface area contributed by atoms with Gasteiger partial charge in [-0.15, -0.1) is 0 Å². The van der Waals surface area contributed by atoms with E-state index in [0.29, 0.717) is 31.5 Å². The monoisotopic (exact) mass is 577 g/mol. The third kappa shape index (κ3) is 8.43. The van der Waals surface area contributed by atoms with Gasteiger partial charge in [0, 0.05) is 13.1 Å². The first-order chi connectivity index (χ1) is 19.7. The van der Waals surface area contributed by atoms with E-state index < -0.39 is 28.5 Å². The molecule has 220 valence electrons. The summed E-state index contributed by atoms with van der Waals surface area (Å²) in [6.45, 7) is 8.18. The smallest absolute Gasteiger partial charge is 0.264 e. The summed E-state index contributed by atoms with van der Waals surface area (Å²) in [7, 11) is -4.08. The Morgan fingerprint density at radius 3 is 2.17 bits per heavy atom. The fourth-order valence-electron chi connectivity index (χ4n) is 4.81. The highest BCUT2D eigenvalue weighted by molar-refractivity contribution is 7.92. The third-order valence-corrected chi connectivity index (χ3v) is 9.00. The Bertz CT molecular complexity index is 1380. The Morgan fingerprint density at radius 2 is 1.54 bits per heavy atom. The summed E-state index contributed by atoms with van der Waals surface area (Å²) in [5, 5.41) is 2.97. The maximum absolute atomic E-state index is 14.2. The van der Waals surface area contributed by atoms with Crippen molar-refractivity contribution in [2.24, 2.45) is 0 Å². The van der Waals surface area contributed by atoms with Gasteiger partial charge in [0.1, 0.15) is 12.6 Å². The Kier molecular flexibility index (Phi) is 12.0. The molecule has 1 N–H and O–H groups in total. The number of aryl methyl sites for hydroxylation is 2. The van der Waals surface area contributed by atoms with Gasteiger partial charge in [0.15, 0.2) is 0 Å². The number of anilines is 1. The van der Waals surface area contributed by atoms with Crippen molar-refractivity contribution in [3.63, 3.8) is 0 Å². The van der Waals surface area contributed by atoms with Crippen LogP contribution in [-0.4, -0.2) is 50.8 Å². The molecule has 7 nitrogen and oxygen atoms in total. The van der Waals surface area contributed by atoms with Crippen LogP contribution in [0.15, 0.2) is 83.8 Å². The Hall–Kier alpha value is -3.65. The predicted molar refractivity (Wildman–Crippen MR) is 165 cm³/mol. The first-order valence-corrected chi connectivity index (χ1v) is 15.9. The summed E-state index contributed by atoms with van der Waals surface area (Å²) in [5.41, 5.74) is 3.25. The lowest BCUT2D eigenvalue weighted by atomic mass is 10.1. The fourth-order valence-corrected chi connectivity index (χ4v) is 6.26. The number of carbonyl (C=O) groups excluding carboxylic acids is 2. The largest absolute Gasteiger partial charge is 0.354 e. The number of amides is 2. The zero-order valence-corrected chi connectivity index (χ0v) is 25.5. The second-order valence-electron chi connectivity index (χ2n) is 10.2. The van der Waals surface area contributed by atoms with Crippen molar-refractivity contribution in [1.82, 2.24) is 10.2 Å². The van der Waals surface area contributed by atoms with Gasteiger partial charge in [-0.05, 0) is 61.9 Å². The molecule has 0 radical (unpaired) electrons. The quantitative estimate of drug-likeness (QED) is 0.241. The highest BCUT2D eigenvalue weighted by Gasteiger charge is 2.34. The minimum Gasteiger partial charge on any atom is -0.354 e. The standard InChI is InChI=1S/C33H43N3O4S/c1-5-8-23-34-33(38)30(7-3)35(24-22-27-14-10-9-11-15-27)32(37)25-36(31-17-13-12-16-28(31)6-2)41(39,40)29-20-18-26(4)19-21-29/h9-21,30H,5-8,22-25H2,1-4H3,(H,34,38)/t30-/m1/s1. The molecule has 0 unspecified atom stereocenters. The Labute approximate surface area is 245 Å². The molecule has 8 heteroatoms. The van der Waals surface area contributed by atoms with Crippen LogP contribution in [0.5, 0.6) is 0 Å². The summed E-state index contributed by atoms with van der Waals surface area (Å²) in [4.78, 5) is 29.1. The average Bonchev–Trinajstić information content (AvgIpc) is 2.98. The van der Waals surface area contributed by atoms with E-state index in [1.54, 1.807) is 41.3 Å². The summed E-state index contributed by atoms with van der Waals surface area (Å²) in [5.74, 6) is -0.635. The van der Waals surface area contributed by atoms with E-state index in [-0.39, 0.29) is 17.3 Å². The summed E-state index contributed by atoms with van der Waals surface area (Å²) >= 11 is 0. The Morgan fingerprint density at radius 1 is 0.878 bits per heavy atom. The number of hydrogen-bond donors (Lipinski definition) is 1. The van der Waals surface area contributed by atoms with Crippen LogP contribution >= 0.6 is 0 Å². The van der Waals surface area contributed by atoms with Gasteiger partial charge in [0.05, 0.1) is 10.6 Å². The molecular formula is C33H43N3O4S. The number of para-hydroxylation sites is 1. The van der Waals surface area contributed by atoms with Crippen molar-refractivity contribution < 1.29 is 18.0 Å². The Balaban J connectivity index is 2.02. The zero-order chi connectivity index (χ0) is 29.8. The fraction of sp³-hybridized carbons (Fsp3) is 0.394. The van der Waals surface area contributed by atoms with Crippen molar-refractivity contribution in [3.8, 4) is 0 Å². The number of rotatable bonds is 15. The van der Waals surface area contributed by atoms with E-state index in [0.717, 1.165) is 29.5 Å². The second-order valence-corrected chi connectivity index (χ2v) is 12.1. The van der Waals surface area contributed by atoms with Crippen LogP contribution in [0.1, 0.15) is 56.7 Å². The van der Waals surface area contributed by atoms with E-state index in [1.165, 1.54) is 4.31 Å². The number of sulfonamides is 1. The molecule has 0 bridgehead atoms. The zero-order valence-electron chi connectivity index (χ0n) is 24.7. The average molecular weight is 578 g/mol. The summed E-state index contributed by atoms with van der Waals surface area (Å²) < 4.78 is 29.4. The van der Waals surface area contributed by atoms with Crippen LogP contribution in [0.25, 0.3) is 0 Å². The summed E-state index contributed by atoms with van der Waals surface area (Å²) in [6, 6.07) is 22.9. The van der Waals surface area contributed by atoms with Gasteiger partial charge in [0.25, 0.3) is 10.0 Å². The molecule has 0 aliphatic heterocycles. The molecule has 2 amide bonds. The van der Waals surface area contributed by atoms with Crippen molar-refractivity contribution in [2.75, 3.05) is 23.9 Å². The van der Waals surface area contributed by atoms with Gasteiger partial charge in [-0.3, -0.25) is 13.9 Å². The van der Waals surface area contributed by atoms with Crippen LogP contribution in [0, 0.1) is 6.92 Å². The lowest BCUT2D eigenvalue weighted by Gasteiger charge is -2.33. The predicted octanol–water partition coefficient (Wildman–Crippen LogP) is 5.52. The molecule has 41 heavy (non-hydrogen) atoms. The van der Waals surface area contributed by atoms with Gasteiger partial charge in [-0.25, -0.2) is 8.42 Å². The van der Waals surface area contributed by atoms with Crippen molar-refractivity contribution >= 4 is 27.5 Å². The molecule has 0 aliphatic rings. The molecule has 3 rings (SSSR count). The van der Waals surface area contributed by atoms with Crippen LogP contribution in [0.2, 0.25) is 0 Å². The van der Waals surface area contributed by atoms with Gasteiger partial charge >= 0.3 is 0 Å². The van der Waals surface area contributed by atoms with Crippen molar-refractivity contribution in [1.29, 1.82) is 0 Å². The number of unbranched alkanes of at least 4 members (excludes halogenated alkanes) is 1. The highest BCUT2D eigenvalue weighted by atomic mass is 32.2. The molecule has 1 atom stereocenters. The molecule has 3 aromatic carbocycles. The highest BCUT2D eigenvalue weighted by Crippen LogP contribution is 2.28. The molecular weight excluding hydrogens is 534 g/mol. The molecule has 0 saturated carbocycles. The minimum atomic E-state index is -4.08. The molecule has 0 spiro atoms. The maximum Gasteiger partial charge on any atom is 0.264 e. The van der Waals surface area contributed by atoms with Gasteiger partial charge in [-0.1, -0.05) is 93.4 Å². The minimum absolute atomic E-state index is 0.113.